The number of amides is 2. The monoisotopic (exact) mass is 426 g/mol. The lowest BCUT2D eigenvalue weighted by Gasteiger charge is -2.45. The van der Waals surface area contributed by atoms with Crippen LogP contribution in [0.4, 0.5) is 0 Å². The maximum Gasteiger partial charge on any atom is 0.225 e. The zero-order valence-electron chi connectivity index (χ0n) is 17.9. The Kier molecular flexibility index (Phi) is 4.63. The predicted molar refractivity (Wildman–Crippen MR) is 120 cm³/mol. The molecule has 7 rings (SSSR count). The van der Waals surface area contributed by atoms with Gasteiger partial charge < -0.3 is 14.6 Å². The average Bonchev–Trinajstić information content (AvgIpc) is 3.48. The number of rotatable bonds is 5. The van der Waals surface area contributed by atoms with Crippen molar-refractivity contribution in [1.82, 2.24) is 10.2 Å². The third-order valence-electron chi connectivity index (χ3n) is 7.47. The number of hydrogen-bond acceptors (Lipinski definition) is 3. The zero-order valence-corrected chi connectivity index (χ0v) is 17.9. The Labute approximate surface area is 187 Å². The average molecular weight is 427 g/mol. The molecule has 1 fully saturated rings. The van der Waals surface area contributed by atoms with Crippen molar-refractivity contribution in [2.45, 2.75) is 31.2 Å². The Balaban J connectivity index is 1.15. The van der Waals surface area contributed by atoms with E-state index in [1.807, 2.05) is 12.1 Å². The highest BCUT2D eigenvalue weighted by Crippen LogP contribution is 2.55. The van der Waals surface area contributed by atoms with Crippen molar-refractivity contribution < 1.29 is 14.0 Å². The van der Waals surface area contributed by atoms with Crippen LogP contribution in [0.3, 0.4) is 0 Å². The fourth-order valence-electron chi connectivity index (χ4n) is 6.03. The third-order valence-corrected chi connectivity index (χ3v) is 7.47. The SMILES string of the molecule is O=C(NC[C@H]1CC2c3ccccc3C1c1ccccc12)[C@H]1CC(=O)N(Cc2ccco2)C1. The summed E-state index contributed by atoms with van der Waals surface area (Å²) < 4.78 is 5.36. The first-order valence-corrected chi connectivity index (χ1v) is 11.4. The molecule has 0 unspecified atom stereocenters. The second kappa shape index (κ2) is 7.66. The molecule has 1 N–H and O–H groups in total. The largest absolute Gasteiger partial charge is 0.467 e. The minimum atomic E-state index is -0.294. The van der Waals surface area contributed by atoms with Gasteiger partial charge in [0, 0.05) is 31.3 Å². The highest BCUT2D eigenvalue weighted by Gasteiger charge is 2.43. The van der Waals surface area contributed by atoms with E-state index in [0.717, 1.165) is 12.2 Å². The van der Waals surface area contributed by atoms with Crippen LogP contribution in [-0.4, -0.2) is 29.8 Å². The van der Waals surface area contributed by atoms with Crippen molar-refractivity contribution in [3.63, 3.8) is 0 Å². The van der Waals surface area contributed by atoms with Crippen molar-refractivity contribution >= 4 is 11.8 Å². The molecule has 2 atom stereocenters. The predicted octanol–water partition coefficient (Wildman–Crippen LogP) is 4.04. The maximum absolute atomic E-state index is 13.0. The zero-order chi connectivity index (χ0) is 21.7. The molecule has 3 aliphatic carbocycles. The summed E-state index contributed by atoms with van der Waals surface area (Å²) in [5, 5.41) is 3.20. The third kappa shape index (κ3) is 3.15. The molecule has 0 spiro atoms. The van der Waals surface area contributed by atoms with E-state index in [1.54, 1.807) is 11.2 Å². The Bertz CT molecular complexity index is 1120. The van der Waals surface area contributed by atoms with Crippen LogP contribution < -0.4 is 5.32 Å². The number of hydrogen-bond donors (Lipinski definition) is 1. The molecule has 2 amide bonds. The quantitative estimate of drug-likeness (QED) is 0.670. The van der Waals surface area contributed by atoms with Gasteiger partial charge in [-0.05, 0) is 46.7 Å². The molecule has 5 nitrogen and oxygen atoms in total. The smallest absolute Gasteiger partial charge is 0.225 e. The van der Waals surface area contributed by atoms with Crippen LogP contribution in [-0.2, 0) is 16.1 Å². The van der Waals surface area contributed by atoms with Crippen LogP contribution in [0.2, 0.25) is 0 Å². The highest BCUT2D eigenvalue weighted by molar-refractivity contribution is 5.89. The molecule has 1 aromatic heterocycles. The molecule has 2 aromatic carbocycles. The molecule has 3 aromatic rings. The van der Waals surface area contributed by atoms with Gasteiger partial charge in [-0.3, -0.25) is 9.59 Å². The molecule has 5 heteroatoms. The molecule has 32 heavy (non-hydrogen) atoms. The van der Waals surface area contributed by atoms with Crippen LogP contribution >= 0.6 is 0 Å². The molecular weight excluding hydrogens is 400 g/mol. The van der Waals surface area contributed by atoms with Gasteiger partial charge >= 0.3 is 0 Å². The molecule has 0 radical (unpaired) electrons. The summed E-state index contributed by atoms with van der Waals surface area (Å²) in [4.78, 5) is 27.1. The summed E-state index contributed by atoms with van der Waals surface area (Å²) in [6.07, 6.45) is 2.93. The fraction of sp³-hybridized carbons (Fsp3) is 0.333. The van der Waals surface area contributed by atoms with E-state index in [4.69, 9.17) is 4.42 Å². The van der Waals surface area contributed by atoms with Gasteiger partial charge in [-0.2, -0.15) is 0 Å². The summed E-state index contributed by atoms with van der Waals surface area (Å²) in [5.41, 5.74) is 5.69. The van der Waals surface area contributed by atoms with Gasteiger partial charge in [0.25, 0.3) is 0 Å². The number of carbonyl (C=O) groups excluding carboxylic acids is 2. The first-order chi connectivity index (χ1) is 15.7. The van der Waals surface area contributed by atoms with Crippen LogP contribution in [0, 0.1) is 11.8 Å². The molecule has 4 aliphatic rings. The van der Waals surface area contributed by atoms with Crippen molar-refractivity contribution in [2.24, 2.45) is 11.8 Å². The van der Waals surface area contributed by atoms with E-state index in [-0.39, 0.29) is 24.2 Å². The maximum atomic E-state index is 13.0. The van der Waals surface area contributed by atoms with E-state index < -0.39 is 0 Å². The lowest BCUT2D eigenvalue weighted by atomic mass is 9.59. The standard InChI is InChI=1S/C27H26N2O3/c30-25-13-18(15-29(25)16-19-6-5-11-32-19)27(31)28-14-17-12-24-20-7-1-3-9-22(20)26(17)23-10-4-2-8-21(23)24/h1-11,17-18,24,26H,12-16H2,(H,28,31)/t17-,18+,24?,26?/m1/s1. The van der Waals surface area contributed by atoms with E-state index in [1.165, 1.54) is 22.3 Å². The molecule has 2 bridgehead atoms. The Hall–Kier alpha value is -3.34. The number of nitrogens with one attached hydrogen (secondary N) is 1. The number of fused-ring (bicyclic) bond motifs is 1. The van der Waals surface area contributed by atoms with Crippen LogP contribution in [0.1, 0.15) is 52.7 Å². The molecule has 162 valence electrons. The minimum absolute atomic E-state index is 0.0108. The van der Waals surface area contributed by atoms with Crippen LogP contribution in [0.5, 0.6) is 0 Å². The van der Waals surface area contributed by atoms with Crippen molar-refractivity contribution in [2.75, 3.05) is 13.1 Å². The number of carbonyl (C=O) groups is 2. The first-order valence-electron chi connectivity index (χ1n) is 11.4. The molecule has 0 saturated carbocycles. The van der Waals surface area contributed by atoms with Crippen LogP contribution in [0.15, 0.2) is 71.3 Å². The number of benzene rings is 2. The van der Waals surface area contributed by atoms with E-state index >= 15 is 0 Å². The molecular formula is C27H26N2O3. The lowest BCUT2D eigenvalue weighted by molar-refractivity contribution is -0.129. The van der Waals surface area contributed by atoms with Gasteiger partial charge in [0.05, 0.1) is 18.7 Å². The van der Waals surface area contributed by atoms with Crippen molar-refractivity contribution in [3.05, 3.63) is 94.9 Å². The normalized spacial score (nSPS) is 25.5. The number of furan rings is 1. The Morgan fingerprint density at radius 1 is 0.969 bits per heavy atom. The highest BCUT2D eigenvalue weighted by atomic mass is 16.3. The summed E-state index contributed by atoms with van der Waals surface area (Å²) in [5.74, 6) is 1.53. The summed E-state index contributed by atoms with van der Waals surface area (Å²) in [7, 11) is 0. The van der Waals surface area contributed by atoms with Crippen molar-refractivity contribution in [1.29, 1.82) is 0 Å². The van der Waals surface area contributed by atoms with E-state index in [2.05, 4.69) is 53.8 Å². The van der Waals surface area contributed by atoms with Gasteiger partial charge in [0.2, 0.25) is 11.8 Å². The summed E-state index contributed by atoms with van der Waals surface area (Å²) in [6.45, 7) is 1.52. The minimum Gasteiger partial charge on any atom is -0.467 e. The first kappa shape index (κ1) is 19.4. The molecule has 2 heterocycles. The van der Waals surface area contributed by atoms with Gasteiger partial charge in [0.1, 0.15) is 5.76 Å². The van der Waals surface area contributed by atoms with Gasteiger partial charge in [-0.1, -0.05) is 48.5 Å². The number of likely N-dealkylation sites (tertiary alicyclic amines) is 1. The van der Waals surface area contributed by atoms with Crippen LogP contribution in [0.25, 0.3) is 0 Å². The van der Waals surface area contributed by atoms with E-state index in [9.17, 15) is 9.59 Å². The summed E-state index contributed by atoms with van der Waals surface area (Å²) >= 11 is 0. The van der Waals surface area contributed by atoms with Gasteiger partial charge in [0.15, 0.2) is 0 Å². The fourth-order valence-corrected chi connectivity index (χ4v) is 6.03. The number of nitrogens with zero attached hydrogens (tertiary/aromatic N) is 1. The van der Waals surface area contributed by atoms with Crippen molar-refractivity contribution in [3.8, 4) is 0 Å². The Morgan fingerprint density at radius 2 is 1.66 bits per heavy atom. The summed E-state index contributed by atoms with van der Waals surface area (Å²) in [6, 6.07) is 21.2. The molecule has 1 aliphatic heterocycles. The second-order valence-electron chi connectivity index (χ2n) is 9.28. The van der Waals surface area contributed by atoms with Gasteiger partial charge in [-0.15, -0.1) is 0 Å². The van der Waals surface area contributed by atoms with E-state index in [0.29, 0.717) is 37.4 Å². The second-order valence-corrected chi connectivity index (χ2v) is 9.28. The topological polar surface area (TPSA) is 62.6 Å². The Morgan fingerprint density at radius 3 is 2.31 bits per heavy atom. The molecule has 1 saturated heterocycles. The van der Waals surface area contributed by atoms with Gasteiger partial charge in [-0.25, -0.2) is 0 Å². The lowest BCUT2D eigenvalue weighted by Crippen LogP contribution is -2.41.